The molecule has 1 nitrogen and oxygen atoms in total. The molecule has 0 aliphatic heterocycles. The van der Waals surface area contributed by atoms with Gasteiger partial charge in [-0.2, -0.15) is 0 Å². The van der Waals surface area contributed by atoms with Crippen molar-refractivity contribution in [3.8, 4) is 0 Å². The lowest BCUT2D eigenvalue weighted by Crippen LogP contribution is -1.92. The molecule has 0 spiro atoms. The van der Waals surface area contributed by atoms with Crippen molar-refractivity contribution in [3.63, 3.8) is 0 Å². The fraction of sp³-hybridized carbons (Fsp3) is 0.400. The monoisotopic (exact) mass is 250 g/mol. The SMILES string of the molecule is CCCCCCC(=O)C=Cc1ccccc1Cl. The molecule has 0 unspecified atom stereocenters. The average Bonchev–Trinajstić information content (AvgIpc) is 2.34. The van der Waals surface area contributed by atoms with Crippen LogP contribution in [-0.2, 0) is 4.79 Å². The molecule has 0 radical (unpaired) electrons. The van der Waals surface area contributed by atoms with E-state index in [9.17, 15) is 4.79 Å². The highest BCUT2D eigenvalue weighted by molar-refractivity contribution is 6.32. The zero-order chi connectivity index (χ0) is 12.5. The van der Waals surface area contributed by atoms with Crippen LogP contribution >= 0.6 is 11.6 Å². The van der Waals surface area contributed by atoms with Crippen molar-refractivity contribution in [2.45, 2.75) is 39.0 Å². The van der Waals surface area contributed by atoms with Crippen LogP contribution in [0.15, 0.2) is 30.3 Å². The summed E-state index contributed by atoms with van der Waals surface area (Å²) in [5, 5.41) is 0.683. The van der Waals surface area contributed by atoms with E-state index < -0.39 is 0 Å². The Kier molecular flexibility index (Phi) is 6.64. The summed E-state index contributed by atoms with van der Waals surface area (Å²) in [5.41, 5.74) is 0.899. The molecule has 2 heteroatoms. The minimum Gasteiger partial charge on any atom is -0.295 e. The second-order valence-corrected chi connectivity index (χ2v) is 4.54. The zero-order valence-corrected chi connectivity index (χ0v) is 11.0. The molecule has 0 fully saturated rings. The van der Waals surface area contributed by atoms with Crippen molar-refractivity contribution in [3.05, 3.63) is 40.9 Å². The first-order valence-electron chi connectivity index (χ1n) is 6.19. The number of hydrogen-bond acceptors (Lipinski definition) is 1. The van der Waals surface area contributed by atoms with E-state index in [1.165, 1.54) is 12.8 Å². The molecule has 1 rings (SSSR count). The maximum Gasteiger partial charge on any atom is 0.155 e. The third-order valence-electron chi connectivity index (χ3n) is 2.63. The molecule has 0 aliphatic carbocycles. The van der Waals surface area contributed by atoms with Gasteiger partial charge in [-0.3, -0.25) is 4.79 Å². The van der Waals surface area contributed by atoms with Gasteiger partial charge in [0.05, 0.1) is 0 Å². The topological polar surface area (TPSA) is 17.1 Å². The predicted molar refractivity (Wildman–Crippen MR) is 74.3 cm³/mol. The van der Waals surface area contributed by atoms with E-state index in [4.69, 9.17) is 11.6 Å². The molecule has 0 aliphatic rings. The van der Waals surface area contributed by atoms with E-state index in [1.54, 1.807) is 12.2 Å². The van der Waals surface area contributed by atoms with Crippen LogP contribution in [0.2, 0.25) is 5.02 Å². The molecule has 0 N–H and O–H groups in total. The fourth-order valence-electron chi connectivity index (χ4n) is 1.60. The highest BCUT2D eigenvalue weighted by Gasteiger charge is 1.98. The molecule has 0 amide bonds. The van der Waals surface area contributed by atoms with Crippen LogP contribution in [0.3, 0.4) is 0 Å². The van der Waals surface area contributed by atoms with E-state index in [0.717, 1.165) is 18.4 Å². The van der Waals surface area contributed by atoms with Gasteiger partial charge >= 0.3 is 0 Å². The smallest absolute Gasteiger partial charge is 0.155 e. The van der Waals surface area contributed by atoms with Gasteiger partial charge in [0.2, 0.25) is 0 Å². The number of hydrogen-bond donors (Lipinski definition) is 0. The molecule has 0 heterocycles. The molecule has 0 bridgehead atoms. The van der Waals surface area contributed by atoms with Crippen molar-refractivity contribution in [1.29, 1.82) is 0 Å². The third-order valence-corrected chi connectivity index (χ3v) is 2.97. The van der Waals surface area contributed by atoms with E-state index in [-0.39, 0.29) is 5.78 Å². The Morgan fingerprint density at radius 1 is 1.24 bits per heavy atom. The molecule has 0 saturated carbocycles. The number of halogens is 1. The van der Waals surface area contributed by atoms with Crippen LogP contribution < -0.4 is 0 Å². The van der Waals surface area contributed by atoms with Crippen molar-refractivity contribution >= 4 is 23.5 Å². The Bertz CT molecular complexity index is 382. The second kappa shape index (κ2) is 8.08. The van der Waals surface area contributed by atoms with Crippen LogP contribution in [-0.4, -0.2) is 5.78 Å². The van der Waals surface area contributed by atoms with Gasteiger partial charge in [0.25, 0.3) is 0 Å². The molecular formula is C15H19ClO. The van der Waals surface area contributed by atoms with Gasteiger partial charge in [-0.15, -0.1) is 0 Å². The summed E-state index contributed by atoms with van der Waals surface area (Å²) in [6, 6.07) is 7.53. The lowest BCUT2D eigenvalue weighted by molar-refractivity contribution is -0.114. The van der Waals surface area contributed by atoms with E-state index in [0.29, 0.717) is 11.4 Å². The Morgan fingerprint density at radius 2 is 2.00 bits per heavy atom. The summed E-state index contributed by atoms with van der Waals surface area (Å²) in [4.78, 5) is 11.6. The minimum absolute atomic E-state index is 0.182. The molecular weight excluding hydrogens is 232 g/mol. The van der Waals surface area contributed by atoms with Crippen LogP contribution in [0.5, 0.6) is 0 Å². The standard InChI is InChI=1S/C15H19ClO/c1-2-3-4-5-9-14(17)12-11-13-8-6-7-10-15(13)16/h6-8,10-12H,2-5,9H2,1H3. The Balaban J connectivity index is 2.38. The molecule has 0 aromatic heterocycles. The number of carbonyl (C=O) groups excluding carboxylic acids is 1. The first-order chi connectivity index (χ1) is 8.24. The van der Waals surface area contributed by atoms with Crippen LogP contribution in [0, 0.1) is 0 Å². The first-order valence-corrected chi connectivity index (χ1v) is 6.57. The maximum absolute atomic E-state index is 11.6. The number of ketones is 1. The fourth-order valence-corrected chi connectivity index (χ4v) is 1.80. The van der Waals surface area contributed by atoms with Gasteiger partial charge in [0.15, 0.2) is 5.78 Å². The largest absolute Gasteiger partial charge is 0.295 e. The van der Waals surface area contributed by atoms with E-state index in [2.05, 4.69) is 6.92 Å². The number of carbonyl (C=O) groups is 1. The second-order valence-electron chi connectivity index (χ2n) is 4.13. The average molecular weight is 251 g/mol. The van der Waals surface area contributed by atoms with Gasteiger partial charge < -0.3 is 0 Å². The number of allylic oxidation sites excluding steroid dienone is 1. The van der Waals surface area contributed by atoms with Crippen molar-refractivity contribution in [2.24, 2.45) is 0 Å². The lowest BCUT2D eigenvalue weighted by Gasteiger charge is -1.97. The van der Waals surface area contributed by atoms with Crippen LogP contribution in [0.1, 0.15) is 44.6 Å². The highest BCUT2D eigenvalue weighted by Crippen LogP contribution is 2.16. The van der Waals surface area contributed by atoms with Gasteiger partial charge in [0, 0.05) is 11.4 Å². The number of rotatable bonds is 7. The van der Waals surface area contributed by atoms with E-state index in [1.807, 2.05) is 24.3 Å². The van der Waals surface area contributed by atoms with Gasteiger partial charge in [-0.25, -0.2) is 0 Å². The summed E-state index contributed by atoms with van der Waals surface area (Å²) >= 11 is 5.99. The lowest BCUT2D eigenvalue weighted by atomic mass is 10.1. The zero-order valence-electron chi connectivity index (χ0n) is 10.3. The Morgan fingerprint density at radius 3 is 2.71 bits per heavy atom. The summed E-state index contributed by atoms with van der Waals surface area (Å²) in [5.74, 6) is 0.182. The van der Waals surface area contributed by atoms with Crippen LogP contribution in [0.4, 0.5) is 0 Å². The summed E-state index contributed by atoms with van der Waals surface area (Å²) in [7, 11) is 0. The number of unbranched alkanes of at least 4 members (excludes halogenated alkanes) is 3. The molecule has 1 aromatic carbocycles. The van der Waals surface area contributed by atoms with Crippen molar-refractivity contribution in [1.82, 2.24) is 0 Å². The summed E-state index contributed by atoms with van der Waals surface area (Å²) in [6.45, 7) is 2.17. The summed E-state index contributed by atoms with van der Waals surface area (Å²) < 4.78 is 0. The predicted octanol–water partition coefficient (Wildman–Crippen LogP) is 4.89. The maximum atomic E-state index is 11.6. The minimum atomic E-state index is 0.182. The Labute approximate surface area is 108 Å². The molecule has 92 valence electrons. The molecule has 17 heavy (non-hydrogen) atoms. The van der Waals surface area contributed by atoms with Crippen molar-refractivity contribution in [2.75, 3.05) is 0 Å². The first kappa shape index (κ1) is 14.0. The normalized spacial score (nSPS) is 10.9. The van der Waals surface area contributed by atoms with E-state index >= 15 is 0 Å². The van der Waals surface area contributed by atoms with Gasteiger partial charge in [-0.05, 0) is 30.2 Å². The molecule has 0 atom stereocenters. The van der Waals surface area contributed by atoms with Crippen LogP contribution in [0.25, 0.3) is 6.08 Å². The number of benzene rings is 1. The van der Waals surface area contributed by atoms with Gasteiger partial charge in [-0.1, -0.05) is 56.0 Å². The van der Waals surface area contributed by atoms with Crippen molar-refractivity contribution < 1.29 is 4.79 Å². The summed E-state index contributed by atoms with van der Waals surface area (Å²) in [6.07, 6.45) is 8.60. The van der Waals surface area contributed by atoms with Gasteiger partial charge in [0.1, 0.15) is 0 Å². The Hall–Kier alpha value is -1.08. The molecule has 0 saturated heterocycles. The third kappa shape index (κ3) is 5.69. The molecule has 1 aromatic rings. The quantitative estimate of drug-likeness (QED) is 0.497. The highest BCUT2D eigenvalue weighted by atomic mass is 35.5.